The number of likely N-dealkylation sites (tertiary alicyclic amines) is 1. The summed E-state index contributed by atoms with van der Waals surface area (Å²) in [5.74, 6) is 1.13. The number of nitrogens with zero attached hydrogens (tertiary/aromatic N) is 4. The predicted molar refractivity (Wildman–Crippen MR) is 82.3 cm³/mol. The van der Waals surface area contributed by atoms with E-state index in [1.165, 1.54) is 0 Å². The lowest BCUT2D eigenvalue weighted by atomic mass is 10.2. The highest BCUT2D eigenvalue weighted by Crippen LogP contribution is 2.22. The molecule has 1 unspecified atom stereocenters. The molecule has 1 aliphatic rings. The molecule has 1 aromatic carbocycles. The fraction of sp³-hybridized carbons (Fsp3) is 0.400. The molecule has 3 rings (SSSR count). The van der Waals surface area contributed by atoms with Crippen molar-refractivity contribution in [3.05, 3.63) is 35.1 Å². The lowest BCUT2D eigenvalue weighted by molar-refractivity contribution is -0.130. The zero-order chi connectivity index (χ0) is 15.7. The minimum absolute atomic E-state index is 0.113. The van der Waals surface area contributed by atoms with Crippen LogP contribution in [0, 0.1) is 0 Å². The van der Waals surface area contributed by atoms with Gasteiger partial charge in [-0.2, -0.15) is 4.98 Å². The number of carbonyl (C=O) groups excluding carboxylic acids is 1. The molecule has 1 aliphatic heterocycles. The first-order valence-corrected chi connectivity index (χ1v) is 7.46. The van der Waals surface area contributed by atoms with Crippen LogP contribution in [-0.4, -0.2) is 52.5 Å². The van der Waals surface area contributed by atoms with Gasteiger partial charge in [0, 0.05) is 24.2 Å². The van der Waals surface area contributed by atoms with Crippen molar-refractivity contribution in [3.63, 3.8) is 0 Å². The van der Waals surface area contributed by atoms with Crippen LogP contribution in [0.5, 0.6) is 0 Å². The first-order valence-electron chi connectivity index (χ1n) is 7.08. The minimum atomic E-state index is -0.113. The molecule has 0 saturated carbocycles. The molecule has 0 radical (unpaired) electrons. The Kier molecular flexibility index (Phi) is 4.13. The molecule has 1 amide bonds. The number of rotatable bonds is 4. The average molecular weight is 321 g/mol. The highest BCUT2D eigenvalue weighted by molar-refractivity contribution is 6.30. The zero-order valence-corrected chi connectivity index (χ0v) is 13.2. The second-order valence-corrected chi connectivity index (χ2v) is 5.94. The monoisotopic (exact) mass is 320 g/mol. The third-order valence-corrected chi connectivity index (χ3v) is 4.10. The van der Waals surface area contributed by atoms with E-state index in [1.54, 1.807) is 17.0 Å². The summed E-state index contributed by atoms with van der Waals surface area (Å²) in [6.45, 7) is 1.25. The molecule has 2 aromatic rings. The summed E-state index contributed by atoms with van der Waals surface area (Å²) in [6.07, 6.45) is 0.824. The summed E-state index contributed by atoms with van der Waals surface area (Å²) < 4.78 is 5.28. The Bertz CT molecular complexity index is 688. The van der Waals surface area contributed by atoms with Crippen molar-refractivity contribution in [1.82, 2.24) is 19.9 Å². The molecule has 1 atom stereocenters. The normalized spacial score (nSPS) is 18.5. The Morgan fingerprint density at radius 3 is 3.00 bits per heavy atom. The van der Waals surface area contributed by atoms with Crippen molar-refractivity contribution >= 4 is 17.5 Å². The summed E-state index contributed by atoms with van der Waals surface area (Å²) in [6, 6.07) is 7.15. The number of aromatic nitrogens is 2. The van der Waals surface area contributed by atoms with Crippen LogP contribution in [0.1, 0.15) is 12.2 Å². The van der Waals surface area contributed by atoms with Gasteiger partial charge in [-0.15, -0.1) is 0 Å². The predicted octanol–water partition coefficient (Wildman–Crippen LogP) is 2.05. The Balaban J connectivity index is 1.71. The van der Waals surface area contributed by atoms with Crippen LogP contribution in [0.4, 0.5) is 0 Å². The second kappa shape index (κ2) is 6.06. The molecule has 22 heavy (non-hydrogen) atoms. The van der Waals surface area contributed by atoms with Gasteiger partial charge in [0.25, 0.3) is 5.89 Å². The van der Waals surface area contributed by atoms with E-state index in [0.29, 0.717) is 23.3 Å². The number of hydrogen-bond acceptors (Lipinski definition) is 5. The Morgan fingerprint density at radius 1 is 1.50 bits per heavy atom. The number of carbonyl (C=O) groups is 1. The maximum absolute atomic E-state index is 12.0. The van der Waals surface area contributed by atoms with Crippen molar-refractivity contribution in [2.45, 2.75) is 19.0 Å². The van der Waals surface area contributed by atoms with Crippen molar-refractivity contribution in [2.75, 3.05) is 20.6 Å². The number of hydrogen-bond donors (Lipinski definition) is 0. The number of benzene rings is 1. The van der Waals surface area contributed by atoms with Gasteiger partial charge in [-0.3, -0.25) is 9.69 Å². The van der Waals surface area contributed by atoms with E-state index in [1.807, 2.05) is 31.1 Å². The van der Waals surface area contributed by atoms with Crippen LogP contribution in [0.25, 0.3) is 11.5 Å². The quantitative estimate of drug-likeness (QED) is 0.863. The van der Waals surface area contributed by atoms with Gasteiger partial charge in [-0.05, 0) is 31.7 Å². The Morgan fingerprint density at radius 2 is 2.32 bits per heavy atom. The first-order chi connectivity index (χ1) is 10.5. The summed E-state index contributed by atoms with van der Waals surface area (Å²) in [5, 5.41) is 4.60. The summed E-state index contributed by atoms with van der Waals surface area (Å²) in [7, 11) is 3.72. The maximum Gasteiger partial charge on any atom is 0.258 e. The van der Waals surface area contributed by atoms with Crippen molar-refractivity contribution in [3.8, 4) is 11.5 Å². The van der Waals surface area contributed by atoms with Gasteiger partial charge >= 0.3 is 0 Å². The number of halogens is 1. The lowest BCUT2D eigenvalue weighted by Crippen LogP contribution is -2.38. The van der Waals surface area contributed by atoms with E-state index < -0.39 is 0 Å². The summed E-state index contributed by atoms with van der Waals surface area (Å²) in [4.78, 5) is 20.1. The third kappa shape index (κ3) is 2.98. The van der Waals surface area contributed by atoms with Gasteiger partial charge in [0.05, 0.1) is 12.6 Å². The SMILES string of the molecule is CN1CCC(N(C)Cc2noc(-c3cccc(Cl)c3)n2)C1=O. The molecule has 0 aliphatic carbocycles. The van der Waals surface area contributed by atoms with E-state index in [0.717, 1.165) is 18.5 Å². The molecular weight excluding hydrogens is 304 g/mol. The molecule has 116 valence electrons. The van der Waals surface area contributed by atoms with Crippen molar-refractivity contribution in [2.24, 2.45) is 0 Å². The van der Waals surface area contributed by atoms with Crippen LogP contribution >= 0.6 is 11.6 Å². The molecule has 1 aromatic heterocycles. The number of amides is 1. The highest BCUT2D eigenvalue weighted by Gasteiger charge is 2.32. The van der Waals surface area contributed by atoms with Gasteiger partial charge in [0.2, 0.25) is 5.91 Å². The van der Waals surface area contributed by atoms with Gasteiger partial charge in [-0.1, -0.05) is 22.8 Å². The van der Waals surface area contributed by atoms with Gasteiger partial charge in [0.1, 0.15) is 0 Å². The highest BCUT2D eigenvalue weighted by atomic mass is 35.5. The van der Waals surface area contributed by atoms with Gasteiger partial charge in [0.15, 0.2) is 5.82 Å². The smallest absolute Gasteiger partial charge is 0.258 e. The van der Waals surface area contributed by atoms with E-state index in [2.05, 4.69) is 10.1 Å². The molecule has 2 heterocycles. The van der Waals surface area contributed by atoms with Crippen molar-refractivity contribution < 1.29 is 9.32 Å². The lowest BCUT2D eigenvalue weighted by Gasteiger charge is -2.20. The average Bonchev–Trinajstić information content (AvgIpc) is 3.07. The molecule has 0 spiro atoms. The van der Waals surface area contributed by atoms with Crippen LogP contribution in [0.15, 0.2) is 28.8 Å². The van der Waals surface area contributed by atoms with E-state index >= 15 is 0 Å². The van der Waals surface area contributed by atoms with Crippen LogP contribution in [0.3, 0.4) is 0 Å². The van der Waals surface area contributed by atoms with Gasteiger partial charge < -0.3 is 9.42 Å². The standard InChI is InChI=1S/C15H17ClN4O2/c1-19-7-6-12(15(19)21)20(2)9-13-17-14(22-18-13)10-4-3-5-11(16)8-10/h3-5,8,12H,6-7,9H2,1-2H3. The minimum Gasteiger partial charge on any atom is -0.344 e. The van der Waals surface area contributed by atoms with Crippen LogP contribution in [-0.2, 0) is 11.3 Å². The summed E-state index contributed by atoms with van der Waals surface area (Å²) in [5.41, 5.74) is 0.783. The molecule has 7 heteroatoms. The molecule has 6 nitrogen and oxygen atoms in total. The second-order valence-electron chi connectivity index (χ2n) is 5.51. The fourth-order valence-corrected chi connectivity index (χ4v) is 2.79. The van der Waals surface area contributed by atoms with Crippen LogP contribution in [0.2, 0.25) is 5.02 Å². The third-order valence-electron chi connectivity index (χ3n) is 3.86. The van der Waals surface area contributed by atoms with E-state index in [4.69, 9.17) is 16.1 Å². The first kappa shape index (κ1) is 15.0. The Hall–Kier alpha value is -1.92. The number of likely N-dealkylation sites (N-methyl/N-ethyl adjacent to an activating group) is 2. The largest absolute Gasteiger partial charge is 0.344 e. The molecule has 1 saturated heterocycles. The van der Waals surface area contributed by atoms with Crippen LogP contribution < -0.4 is 0 Å². The van der Waals surface area contributed by atoms with Crippen molar-refractivity contribution in [1.29, 1.82) is 0 Å². The van der Waals surface area contributed by atoms with E-state index in [-0.39, 0.29) is 11.9 Å². The molecule has 1 fully saturated rings. The summed E-state index contributed by atoms with van der Waals surface area (Å²) >= 11 is 5.96. The van der Waals surface area contributed by atoms with E-state index in [9.17, 15) is 4.79 Å². The topological polar surface area (TPSA) is 62.5 Å². The molecular formula is C15H17ClN4O2. The molecule has 0 N–H and O–H groups in total. The fourth-order valence-electron chi connectivity index (χ4n) is 2.60. The maximum atomic E-state index is 12.0. The van der Waals surface area contributed by atoms with Gasteiger partial charge in [-0.25, -0.2) is 0 Å². The Labute approximate surface area is 133 Å². The molecule has 0 bridgehead atoms. The zero-order valence-electron chi connectivity index (χ0n) is 12.5.